The van der Waals surface area contributed by atoms with Crippen molar-refractivity contribution in [3.63, 3.8) is 0 Å². The minimum Gasteiger partial charge on any atom is -0.346 e. The first-order valence-electron chi connectivity index (χ1n) is 5.41. The Hall–Kier alpha value is -1.95. The Morgan fingerprint density at radius 3 is 2.94 bits per heavy atom. The largest absolute Gasteiger partial charge is 0.363 e. The van der Waals surface area contributed by atoms with Crippen molar-refractivity contribution in [1.82, 2.24) is 14.9 Å². The van der Waals surface area contributed by atoms with E-state index < -0.39 is 0 Å². The highest BCUT2D eigenvalue weighted by atomic mass is 35.5. The van der Waals surface area contributed by atoms with E-state index in [-0.39, 0.29) is 5.69 Å². The fourth-order valence-corrected chi connectivity index (χ4v) is 1.76. The van der Waals surface area contributed by atoms with Crippen LogP contribution in [0.15, 0.2) is 29.1 Å². The molecule has 0 atom stereocenters. The molecule has 0 fully saturated rings. The lowest BCUT2D eigenvalue weighted by Crippen LogP contribution is -2.30. The molecule has 1 heterocycles. The van der Waals surface area contributed by atoms with E-state index in [9.17, 15) is 4.79 Å². The molecule has 96 valence electrons. The highest BCUT2D eigenvalue weighted by Crippen LogP contribution is 2.10. The topological polar surface area (TPSA) is 66.0 Å². The van der Waals surface area contributed by atoms with Crippen molar-refractivity contribution < 1.29 is 0 Å². The molecule has 0 aliphatic heterocycles. The molecule has 0 amide bonds. The summed E-state index contributed by atoms with van der Waals surface area (Å²) in [7, 11) is 3.63. The number of anilines is 1. The van der Waals surface area contributed by atoms with Crippen molar-refractivity contribution in [2.45, 2.75) is 6.54 Å². The molecule has 1 aromatic heterocycles. The molecule has 2 aromatic rings. The van der Waals surface area contributed by atoms with Crippen LogP contribution in [0.2, 0.25) is 5.02 Å². The van der Waals surface area contributed by atoms with Crippen LogP contribution in [0.5, 0.6) is 0 Å². The molecule has 2 N–H and O–H groups in total. The summed E-state index contributed by atoms with van der Waals surface area (Å²) < 4.78 is 1.36. The highest BCUT2D eigenvalue weighted by molar-refractivity contribution is 6.30. The van der Waals surface area contributed by atoms with E-state index >= 15 is 0 Å². The molecule has 0 saturated heterocycles. The molecule has 0 saturated carbocycles. The maximum Gasteiger partial charge on any atom is 0.363 e. The summed E-state index contributed by atoms with van der Waals surface area (Å²) in [5.41, 5.74) is 3.68. The third kappa shape index (κ3) is 2.65. The van der Waals surface area contributed by atoms with Crippen LogP contribution in [0.1, 0.15) is 5.56 Å². The first kappa shape index (κ1) is 12.5. The van der Waals surface area contributed by atoms with Gasteiger partial charge in [0.05, 0.1) is 6.54 Å². The lowest BCUT2D eigenvalue weighted by atomic mass is 10.2. The number of hydrogen-bond donors (Lipinski definition) is 2. The summed E-state index contributed by atoms with van der Waals surface area (Å²) in [6.45, 7) is 0.487. The summed E-state index contributed by atoms with van der Waals surface area (Å²) in [6.07, 6.45) is 0. The van der Waals surface area contributed by atoms with Crippen LogP contribution in [0.3, 0.4) is 0 Å². The third-order valence-corrected chi connectivity index (χ3v) is 2.62. The summed E-state index contributed by atoms with van der Waals surface area (Å²) in [5.74, 6) is 0.516. The predicted molar refractivity (Wildman–Crippen MR) is 71.7 cm³/mol. The number of benzene rings is 1. The van der Waals surface area contributed by atoms with Crippen LogP contribution in [0.4, 0.5) is 5.95 Å². The van der Waals surface area contributed by atoms with Gasteiger partial charge in [-0.25, -0.2) is 9.89 Å². The molecule has 0 aliphatic rings. The average molecular weight is 268 g/mol. The van der Waals surface area contributed by atoms with Crippen LogP contribution in [0.25, 0.3) is 0 Å². The zero-order valence-electron chi connectivity index (χ0n) is 10.1. The third-order valence-electron chi connectivity index (χ3n) is 2.38. The number of halogens is 1. The zero-order chi connectivity index (χ0) is 13.1. The van der Waals surface area contributed by atoms with Gasteiger partial charge in [0.2, 0.25) is 5.95 Å². The van der Waals surface area contributed by atoms with Gasteiger partial charge in [-0.1, -0.05) is 23.7 Å². The van der Waals surface area contributed by atoms with E-state index in [4.69, 9.17) is 11.6 Å². The fraction of sp³-hybridized carbons (Fsp3) is 0.273. The molecule has 0 spiro atoms. The van der Waals surface area contributed by atoms with Crippen LogP contribution in [-0.4, -0.2) is 29.0 Å². The van der Waals surface area contributed by atoms with Gasteiger partial charge in [-0.15, -0.1) is 5.10 Å². The number of nitrogens with zero attached hydrogens (tertiary/aromatic N) is 3. The van der Waals surface area contributed by atoms with Gasteiger partial charge in [-0.05, 0) is 17.7 Å². The average Bonchev–Trinajstić information content (AvgIpc) is 2.68. The molecule has 1 aromatic carbocycles. The van der Waals surface area contributed by atoms with Gasteiger partial charge in [0, 0.05) is 19.1 Å². The first-order chi connectivity index (χ1) is 8.58. The quantitative estimate of drug-likeness (QED) is 0.869. The Labute approximate surface area is 109 Å². The van der Waals surface area contributed by atoms with E-state index in [0.717, 1.165) is 5.56 Å². The molecule has 0 radical (unpaired) electrons. The zero-order valence-corrected chi connectivity index (χ0v) is 10.9. The fourth-order valence-electron chi connectivity index (χ4n) is 1.55. The molecular formula is C11H14ClN5O. The summed E-state index contributed by atoms with van der Waals surface area (Å²) in [6, 6.07) is 7.44. The van der Waals surface area contributed by atoms with E-state index in [1.54, 1.807) is 11.0 Å². The molecule has 0 bridgehead atoms. The SMILES string of the molecule is CN(C)c1n[nH]c(=O)n1NCc1cccc(Cl)c1. The lowest BCUT2D eigenvalue weighted by Gasteiger charge is -2.13. The van der Waals surface area contributed by atoms with Crippen molar-refractivity contribution in [2.24, 2.45) is 0 Å². The summed E-state index contributed by atoms with van der Waals surface area (Å²) in [5, 5.41) is 6.97. The summed E-state index contributed by atoms with van der Waals surface area (Å²) >= 11 is 5.90. The van der Waals surface area contributed by atoms with Crippen molar-refractivity contribution in [3.05, 3.63) is 45.3 Å². The normalized spacial score (nSPS) is 10.4. The molecule has 6 nitrogen and oxygen atoms in total. The van der Waals surface area contributed by atoms with Gasteiger partial charge >= 0.3 is 5.69 Å². The minimum absolute atomic E-state index is 0.305. The monoisotopic (exact) mass is 267 g/mol. The smallest absolute Gasteiger partial charge is 0.346 e. The van der Waals surface area contributed by atoms with Gasteiger partial charge in [0.25, 0.3) is 0 Å². The summed E-state index contributed by atoms with van der Waals surface area (Å²) in [4.78, 5) is 13.3. The van der Waals surface area contributed by atoms with Crippen molar-refractivity contribution in [2.75, 3.05) is 24.4 Å². The van der Waals surface area contributed by atoms with E-state index in [0.29, 0.717) is 17.5 Å². The predicted octanol–water partition coefficient (Wildman–Crippen LogP) is 1.03. The number of hydrogen-bond acceptors (Lipinski definition) is 4. The Bertz CT molecular complexity index is 589. The van der Waals surface area contributed by atoms with Gasteiger partial charge in [-0.2, -0.15) is 4.68 Å². The Morgan fingerprint density at radius 1 is 1.50 bits per heavy atom. The molecule has 7 heteroatoms. The number of aromatic nitrogens is 3. The van der Waals surface area contributed by atoms with Gasteiger partial charge in [-0.3, -0.25) is 0 Å². The van der Waals surface area contributed by atoms with Crippen LogP contribution < -0.4 is 16.0 Å². The lowest BCUT2D eigenvalue weighted by molar-refractivity contribution is 0.789. The van der Waals surface area contributed by atoms with E-state index in [1.165, 1.54) is 4.68 Å². The van der Waals surface area contributed by atoms with Crippen molar-refractivity contribution >= 4 is 17.5 Å². The molecule has 2 rings (SSSR count). The molecule has 18 heavy (non-hydrogen) atoms. The Morgan fingerprint density at radius 2 is 2.28 bits per heavy atom. The number of nitrogens with one attached hydrogen (secondary N) is 2. The van der Waals surface area contributed by atoms with Gasteiger partial charge in [0.15, 0.2) is 0 Å². The van der Waals surface area contributed by atoms with Crippen LogP contribution in [0, 0.1) is 0 Å². The number of H-pyrrole nitrogens is 1. The Kier molecular flexibility index (Phi) is 3.57. The second kappa shape index (κ2) is 5.14. The standard InChI is InChI=1S/C11H14ClN5O/c1-16(2)10-14-15-11(18)17(10)13-7-8-4-3-5-9(12)6-8/h3-6,13H,7H2,1-2H3,(H,15,18). The molecule has 0 aliphatic carbocycles. The van der Waals surface area contributed by atoms with Crippen LogP contribution in [-0.2, 0) is 6.54 Å². The first-order valence-corrected chi connectivity index (χ1v) is 5.79. The minimum atomic E-state index is -0.305. The second-order valence-electron chi connectivity index (χ2n) is 4.02. The van der Waals surface area contributed by atoms with Crippen LogP contribution >= 0.6 is 11.6 Å². The van der Waals surface area contributed by atoms with Gasteiger partial charge < -0.3 is 10.3 Å². The number of rotatable bonds is 4. The van der Waals surface area contributed by atoms with E-state index in [1.807, 2.05) is 32.3 Å². The van der Waals surface area contributed by atoms with Crippen molar-refractivity contribution in [1.29, 1.82) is 0 Å². The van der Waals surface area contributed by atoms with E-state index in [2.05, 4.69) is 15.6 Å². The molecule has 0 unspecified atom stereocenters. The second-order valence-corrected chi connectivity index (χ2v) is 4.46. The number of aromatic amines is 1. The molecular weight excluding hydrogens is 254 g/mol. The van der Waals surface area contributed by atoms with Gasteiger partial charge in [0.1, 0.15) is 0 Å². The maximum absolute atomic E-state index is 11.6. The Balaban J connectivity index is 2.15. The van der Waals surface area contributed by atoms with Crippen molar-refractivity contribution in [3.8, 4) is 0 Å². The maximum atomic E-state index is 11.6. The highest BCUT2D eigenvalue weighted by Gasteiger charge is 2.09.